The number of carbonyl (C=O) groups is 2. The maximum Gasteiger partial charge on any atom is 0.416 e. The number of aldehydes is 1. The monoisotopic (exact) mass is 582 g/mol. The van der Waals surface area contributed by atoms with Crippen molar-refractivity contribution in [3.8, 4) is 17.0 Å². The lowest BCUT2D eigenvalue weighted by molar-refractivity contribution is -0.137. The molecule has 218 valence electrons. The van der Waals surface area contributed by atoms with Gasteiger partial charge in [-0.2, -0.15) is 13.2 Å². The lowest BCUT2D eigenvalue weighted by Gasteiger charge is -2.27. The second kappa shape index (κ2) is 11.1. The first-order valence-electron chi connectivity index (χ1n) is 12.8. The number of ether oxygens (including phenoxy) is 1. The molecule has 3 atom stereocenters. The third kappa shape index (κ3) is 5.35. The number of anilines is 2. The van der Waals surface area contributed by atoms with Gasteiger partial charge in [-0.25, -0.2) is 15.0 Å². The SMILES string of the molecule is CCOc1cc(C(=O)Nc2cc(C(F)(F)F)ccn2)ccc1-c1nc(C2C=C(O)C(C=O)CC2O)n2ccnc(N)c12. The average Bonchev–Trinajstić information content (AvgIpc) is 3.34. The van der Waals surface area contributed by atoms with Gasteiger partial charge < -0.3 is 30.8 Å². The summed E-state index contributed by atoms with van der Waals surface area (Å²) in [7, 11) is 0. The number of benzene rings is 1. The molecule has 1 aromatic carbocycles. The predicted octanol–water partition coefficient (Wildman–Crippen LogP) is 4.15. The highest BCUT2D eigenvalue weighted by Crippen LogP contribution is 2.40. The number of imidazole rings is 1. The number of fused-ring (bicyclic) bond motifs is 1. The summed E-state index contributed by atoms with van der Waals surface area (Å²) in [5.41, 5.74) is 6.45. The van der Waals surface area contributed by atoms with Crippen molar-refractivity contribution in [1.82, 2.24) is 19.4 Å². The molecule has 5 N–H and O–H groups in total. The molecule has 1 amide bonds. The Morgan fingerprint density at radius 2 is 2.02 bits per heavy atom. The zero-order valence-corrected chi connectivity index (χ0v) is 22.0. The predicted molar refractivity (Wildman–Crippen MR) is 145 cm³/mol. The number of hydrogen-bond donors (Lipinski definition) is 4. The highest BCUT2D eigenvalue weighted by atomic mass is 19.4. The molecule has 4 aromatic rings. The Morgan fingerprint density at radius 1 is 1.24 bits per heavy atom. The number of aliphatic hydroxyl groups is 2. The number of nitrogens with zero attached hydrogens (tertiary/aromatic N) is 4. The van der Waals surface area contributed by atoms with E-state index in [1.807, 2.05) is 0 Å². The topological polar surface area (TPSA) is 165 Å². The second-order valence-corrected chi connectivity index (χ2v) is 9.54. The quantitative estimate of drug-likeness (QED) is 0.234. The Morgan fingerprint density at radius 3 is 2.74 bits per heavy atom. The summed E-state index contributed by atoms with van der Waals surface area (Å²) in [5.74, 6) is -2.15. The first-order valence-corrected chi connectivity index (χ1v) is 12.8. The van der Waals surface area contributed by atoms with E-state index in [1.54, 1.807) is 23.6 Å². The summed E-state index contributed by atoms with van der Waals surface area (Å²) in [6, 6.07) is 5.92. The zero-order valence-electron chi connectivity index (χ0n) is 22.0. The number of amides is 1. The molecule has 0 fully saturated rings. The molecule has 1 aliphatic carbocycles. The molecule has 11 nitrogen and oxygen atoms in total. The van der Waals surface area contributed by atoms with Crippen molar-refractivity contribution < 1.29 is 37.7 Å². The number of pyridine rings is 1. The number of nitrogen functional groups attached to an aromatic ring is 1. The van der Waals surface area contributed by atoms with Gasteiger partial charge in [0.25, 0.3) is 5.91 Å². The van der Waals surface area contributed by atoms with Gasteiger partial charge in [0, 0.05) is 29.7 Å². The molecule has 0 saturated heterocycles. The maximum absolute atomic E-state index is 13.1. The summed E-state index contributed by atoms with van der Waals surface area (Å²) in [4.78, 5) is 36.9. The highest BCUT2D eigenvalue weighted by molar-refractivity contribution is 6.04. The first-order chi connectivity index (χ1) is 20.0. The molecule has 0 bridgehead atoms. The maximum atomic E-state index is 13.1. The van der Waals surface area contributed by atoms with Crippen molar-refractivity contribution in [2.75, 3.05) is 17.7 Å². The van der Waals surface area contributed by atoms with Gasteiger partial charge in [0.05, 0.1) is 35.9 Å². The highest BCUT2D eigenvalue weighted by Gasteiger charge is 2.35. The Balaban J connectivity index is 1.56. The number of hydrogen-bond acceptors (Lipinski definition) is 9. The first kappa shape index (κ1) is 28.5. The second-order valence-electron chi connectivity index (χ2n) is 9.54. The fourth-order valence-corrected chi connectivity index (χ4v) is 4.83. The van der Waals surface area contributed by atoms with Crippen LogP contribution in [0.1, 0.15) is 41.0 Å². The summed E-state index contributed by atoms with van der Waals surface area (Å²) in [6.45, 7) is 1.93. The van der Waals surface area contributed by atoms with Crippen LogP contribution in [0.3, 0.4) is 0 Å². The molecule has 0 radical (unpaired) electrons. The molecule has 3 unspecified atom stereocenters. The van der Waals surface area contributed by atoms with Crippen molar-refractivity contribution in [3.05, 3.63) is 77.7 Å². The molecule has 0 spiro atoms. The van der Waals surface area contributed by atoms with Crippen molar-refractivity contribution in [2.24, 2.45) is 5.92 Å². The molecule has 5 rings (SSSR count). The van der Waals surface area contributed by atoms with Crippen LogP contribution in [-0.4, -0.2) is 54.5 Å². The molecular weight excluding hydrogens is 557 g/mol. The van der Waals surface area contributed by atoms with Gasteiger partial charge >= 0.3 is 6.18 Å². The number of aromatic nitrogens is 4. The van der Waals surface area contributed by atoms with E-state index in [9.17, 15) is 33.0 Å². The summed E-state index contributed by atoms with van der Waals surface area (Å²) in [6.07, 6.45) is 0.284. The fraction of sp³-hybridized carbons (Fsp3) is 0.250. The van der Waals surface area contributed by atoms with Gasteiger partial charge in [0.2, 0.25) is 0 Å². The van der Waals surface area contributed by atoms with Crippen LogP contribution in [0.15, 0.2) is 60.8 Å². The third-order valence-corrected chi connectivity index (χ3v) is 6.84. The molecular formula is C28H25F3N6O5. The van der Waals surface area contributed by atoms with Crippen LogP contribution in [0.5, 0.6) is 5.75 Å². The van der Waals surface area contributed by atoms with Crippen LogP contribution in [0.25, 0.3) is 16.8 Å². The largest absolute Gasteiger partial charge is 0.512 e. The molecule has 14 heteroatoms. The smallest absolute Gasteiger partial charge is 0.416 e. The number of carbonyl (C=O) groups excluding carboxylic acids is 2. The standard InChI is InChI=1S/C28H25F3N6O5/c1-2-42-21-10-14(27(41)35-22-11-16(5-6-33-22)28(29,30)31)3-4-17(21)23-24-25(32)34-7-8-37(24)26(36-23)18-12-19(39)15(13-38)9-20(18)40/h3-8,10-13,15,18,20,39-40H,2,9H2,1H3,(H2,32,34)(H,33,35,41). The third-order valence-electron chi connectivity index (χ3n) is 6.84. The minimum Gasteiger partial charge on any atom is -0.512 e. The fourth-order valence-electron chi connectivity index (χ4n) is 4.83. The van der Waals surface area contributed by atoms with Gasteiger partial charge in [-0.1, -0.05) is 0 Å². The van der Waals surface area contributed by atoms with Gasteiger partial charge in [0.1, 0.15) is 40.7 Å². The Kier molecular flexibility index (Phi) is 7.56. The lowest BCUT2D eigenvalue weighted by atomic mass is 9.85. The molecule has 1 aliphatic rings. The van der Waals surface area contributed by atoms with Crippen LogP contribution in [-0.2, 0) is 11.0 Å². The summed E-state index contributed by atoms with van der Waals surface area (Å²) in [5, 5.41) is 23.5. The van der Waals surface area contributed by atoms with Crippen molar-refractivity contribution in [1.29, 1.82) is 0 Å². The zero-order chi connectivity index (χ0) is 30.2. The van der Waals surface area contributed by atoms with E-state index >= 15 is 0 Å². The van der Waals surface area contributed by atoms with Gasteiger partial charge in [-0.15, -0.1) is 0 Å². The minimum absolute atomic E-state index is 0.00392. The van der Waals surface area contributed by atoms with E-state index in [4.69, 9.17) is 15.5 Å². The number of aliphatic hydroxyl groups excluding tert-OH is 2. The molecule has 3 heterocycles. The van der Waals surface area contributed by atoms with Gasteiger partial charge in [-0.05, 0) is 49.8 Å². The van der Waals surface area contributed by atoms with E-state index in [1.165, 1.54) is 24.4 Å². The van der Waals surface area contributed by atoms with E-state index in [0.717, 1.165) is 18.3 Å². The molecule has 0 aliphatic heterocycles. The van der Waals surface area contributed by atoms with Gasteiger partial charge in [0.15, 0.2) is 0 Å². The van der Waals surface area contributed by atoms with Crippen LogP contribution in [0.2, 0.25) is 0 Å². The van der Waals surface area contributed by atoms with Crippen LogP contribution in [0, 0.1) is 5.92 Å². The Labute approximate surface area is 236 Å². The van der Waals surface area contributed by atoms with Crippen LogP contribution in [0.4, 0.5) is 24.8 Å². The van der Waals surface area contributed by atoms with E-state index in [-0.39, 0.29) is 41.7 Å². The van der Waals surface area contributed by atoms with E-state index < -0.39 is 35.6 Å². The number of alkyl halides is 3. The number of halogens is 3. The molecule has 42 heavy (non-hydrogen) atoms. The molecule has 0 saturated carbocycles. The summed E-state index contributed by atoms with van der Waals surface area (Å²) < 4.78 is 46.7. The number of rotatable bonds is 7. The number of nitrogens with one attached hydrogen (secondary N) is 1. The van der Waals surface area contributed by atoms with Crippen molar-refractivity contribution in [2.45, 2.75) is 31.5 Å². The number of allylic oxidation sites excluding steroid dienone is 1. The lowest BCUT2D eigenvalue weighted by Crippen LogP contribution is -2.29. The van der Waals surface area contributed by atoms with E-state index in [0.29, 0.717) is 28.9 Å². The minimum atomic E-state index is -4.60. The Hall–Kier alpha value is -4.98. The van der Waals surface area contributed by atoms with Gasteiger partial charge in [-0.3, -0.25) is 9.20 Å². The van der Waals surface area contributed by atoms with Crippen LogP contribution < -0.4 is 15.8 Å². The Bertz CT molecular complexity index is 1700. The number of nitrogens with two attached hydrogens (primary N) is 1. The summed E-state index contributed by atoms with van der Waals surface area (Å²) >= 11 is 0. The normalized spacial score (nSPS) is 18.9. The van der Waals surface area contributed by atoms with E-state index in [2.05, 4.69) is 15.3 Å². The average molecular weight is 583 g/mol. The van der Waals surface area contributed by atoms with Crippen LogP contribution >= 0.6 is 0 Å². The molecule has 3 aromatic heterocycles. The van der Waals surface area contributed by atoms with Crippen molar-refractivity contribution in [3.63, 3.8) is 0 Å². The van der Waals surface area contributed by atoms with Crippen molar-refractivity contribution >= 4 is 29.3 Å².